The Labute approximate surface area is 132 Å². The van der Waals surface area contributed by atoms with Crippen LogP contribution < -0.4 is 0 Å². The van der Waals surface area contributed by atoms with Gasteiger partial charge in [-0.1, -0.05) is 36.4 Å². The standard InChI is InChI=1S/C10H8O3S.C4H9.Na/c11-14(12,13)10-7-3-5-8-4-1-2-6-9(8)10;1-4(2)3;/h1-7H,(H,11,12,13);4H,1H2,2-3H3;. The fraction of sp³-hybridized carbons (Fsp3) is 0.286. The molecule has 2 aromatic rings. The van der Waals surface area contributed by atoms with Crippen LogP contribution >= 0.6 is 0 Å². The van der Waals surface area contributed by atoms with Crippen molar-refractivity contribution >= 4 is 48.8 Å². The van der Waals surface area contributed by atoms with E-state index in [1.54, 1.807) is 30.3 Å². The maximum absolute atomic E-state index is 11.0. The van der Waals surface area contributed by atoms with Crippen molar-refractivity contribution in [2.75, 3.05) is 0 Å². The van der Waals surface area contributed by atoms with Crippen molar-refractivity contribution in [2.45, 2.75) is 22.4 Å². The van der Waals surface area contributed by atoms with E-state index in [0.29, 0.717) is 5.39 Å². The SMILES string of the molecule is CC(C)[CH2][Na].O=S(=O)(O)c1cccc2ccccc12. The zero-order valence-corrected chi connectivity index (χ0v) is 14.3. The third-order valence-corrected chi connectivity index (χ3v) is 5.39. The molecule has 3 nitrogen and oxygen atoms in total. The summed E-state index contributed by atoms with van der Waals surface area (Å²) in [6, 6.07) is 11.8. The molecular formula is C14H17NaO3S. The van der Waals surface area contributed by atoms with E-state index in [4.69, 9.17) is 4.55 Å². The molecule has 0 unspecified atom stereocenters. The van der Waals surface area contributed by atoms with Crippen molar-refractivity contribution < 1.29 is 13.0 Å². The van der Waals surface area contributed by atoms with Crippen molar-refractivity contribution in [3.05, 3.63) is 42.5 Å². The molecule has 2 aromatic carbocycles. The molecule has 0 aliphatic heterocycles. The molecule has 5 heteroatoms. The van der Waals surface area contributed by atoms with Crippen LogP contribution in [0.2, 0.25) is 3.67 Å². The maximum atomic E-state index is 11.0. The van der Waals surface area contributed by atoms with Crippen LogP contribution in [0.25, 0.3) is 10.8 Å². The maximum Gasteiger partial charge on any atom is 0.295 e. The van der Waals surface area contributed by atoms with Gasteiger partial charge >= 0.3 is 51.4 Å². The van der Waals surface area contributed by atoms with Gasteiger partial charge in [-0.15, -0.1) is 0 Å². The quantitative estimate of drug-likeness (QED) is 0.681. The predicted molar refractivity (Wildman–Crippen MR) is 79.2 cm³/mol. The average Bonchev–Trinajstić information content (AvgIpc) is 2.37. The number of hydrogen-bond donors (Lipinski definition) is 1. The van der Waals surface area contributed by atoms with Gasteiger partial charge in [0.05, 0.1) is 0 Å². The van der Waals surface area contributed by atoms with Gasteiger partial charge in [-0.25, -0.2) is 0 Å². The molecule has 0 saturated carbocycles. The Morgan fingerprint density at radius 1 is 1.11 bits per heavy atom. The van der Waals surface area contributed by atoms with Crippen LogP contribution in [0.3, 0.4) is 0 Å². The molecule has 0 amide bonds. The molecule has 2 rings (SSSR count). The summed E-state index contributed by atoms with van der Waals surface area (Å²) in [5, 5.41) is 1.33. The molecule has 0 aromatic heterocycles. The minimum atomic E-state index is -4.13. The number of rotatable bonds is 2. The van der Waals surface area contributed by atoms with Crippen LogP contribution in [0.1, 0.15) is 13.8 Å². The fourth-order valence-electron chi connectivity index (χ4n) is 1.42. The van der Waals surface area contributed by atoms with Crippen LogP contribution in [0.15, 0.2) is 47.4 Å². The van der Waals surface area contributed by atoms with Crippen molar-refractivity contribution in [2.24, 2.45) is 5.92 Å². The summed E-state index contributed by atoms with van der Waals surface area (Å²) in [4.78, 5) is -0.0457. The Morgan fingerprint density at radius 3 is 2.16 bits per heavy atom. The third-order valence-electron chi connectivity index (χ3n) is 2.84. The summed E-state index contributed by atoms with van der Waals surface area (Å²) in [6.07, 6.45) is 0. The van der Waals surface area contributed by atoms with E-state index < -0.39 is 10.1 Å². The van der Waals surface area contributed by atoms with E-state index in [2.05, 4.69) is 13.8 Å². The number of fused-ring (bicyclic) bond motifs is 1. The van der Waals surface area contributed by atoms with Crippen LogP contribution in [0.5, 0.6) is 0 Å². The van der Waals surface area contributed by atoms with Crippen molar-refractivity contribution in [3.63, 3.8) is 0 Å². The van der Waals surface area contributed by atoms with E-state index in [9.17, 15) is 8.42 Å². The monoisotopic (exact) mass is 288 g/mol. The number of hydrogen-bond acceptors (Lipinski definition) is 2. The second kappa shape index (κ2) is 7.41. The summed E-state index contributed by atoms with van der Waals surface area (Å²) >= 11 is 1.37. The zero-order chi connectivity index (χ0) is 14.5. The summed E-state index contributed by atoms with van der Waals surface area (Å²) in [5.74, 6) is 0.946. The molecule has 0 aliphatic carbocycles. The van der Waals surface area contributed by atoms with Gasteiger partial charge in [-0.05, 0) is 11.5 Å². The van der Waals surface area contributed by atoms with Crippen molar-refractivity contribution in [1.29, 1.82) is 0 Å². The van der Waals surface area contributed by atoms with Crippen molar-refractivity contribution in [1.82, 2.24) is 0 Å². The summed E-state index contributed by atoms with van der Waals surface area (Å²) in [6.45, 7) is 4.51. The van der Waals surface area contributed by atoms with Crippen LogP contribution in [0.4, 0.5) is 0 Å². The van der Waals surface area contributed by atoms with E-state index >= 15 is 0 Å². The molecule has 0 spiro atoms. The molecule has 0 fully saturated rings. The van der Waals surface area contributed by atoms with Gasteiger partial charge in [0.2, 0.25) is 0 Å². The van der Waals surface area contributed by atoms with E-state index in [-0.39, 0.29) is 4.90 Å². The largest absolute Gasteiger partial charge is 0.295 e. The normalized spacial score (nSPS) is 11.3. The van der Waals surface area contributed by atoms with Gasteiger partial charge in [0.25, 0.3) is 10.1 Å². The Bertz CT molecular complexity index is 631. The summed E-state index contributed by atoms with van der Waals surface area (Å²) in [5.41, 5.74) is 0. The first-order valence-corrected chi connectivity index (χ1v) is 9.17. The van der Waals surface area contributed by atoms with Gasteiger partial charge in [-0.3, -0.25) is 4.55 Å². The second-order valence-corrected chi connectivity index (χ2v) is 6.96. The molecule has 98 valence electrons. The molecular weight excluding hydrogens is 271 g/mol. The zero-order valence-electron chi connectivity index (χ0n) is 11.5. The molecule has 0 saturated heterocycles. The van der Waals surface area contributed by atoms with E-state index in [1.807, 2.05) is 6.07 Å². The first-order valence-electron chi connectivity index (χ1n) is 6.31. The summed E-state index contributed by atoms with van der Waals surface area (Å²) in [7, 11) is -4.13. The van der Waals surface area contributed by atoms with E-state index in [0.717, 1.165) is 11.3 Å². The smallest absolute Gasteiger partial charge is 0.282 e. The Kier molecular flexibility index (Phi) is 6.50. The van der Waals surface area contributed by atoms with Gasteiger partial charge in [0, 0.05) is 5.39 Å². The van der Waals surface area contributed by atoms with Crippen LogP contribution in [-0.2, 0) is 10.1 Å². The third kappa shape index (κ3) is 5.24. The minimum absolute atomic E-state index is 0.0457. The second-order valence-electron chi connectivity index (χ2n) is 4.75. The molecule has 0 bridgehead atoms. The van der Waals surface area contributed by atoms with Gasteiger partial charge < -0.3 is 0 Å². The Hall–Kier alpha value is -0.390. The predicted octanol–water partition coefficient (Wildman–Crippen LogP) is 3.32. The minimum Gasteiger partial charge on any atom is -0.282 e. The topological polar surface area (TPSA) is 54.4 Å². The molecule has 0 aliphatic rings. The molecule has 0 radical (unpaired) electrons. The van der Waals surface area contributed by atoms with Crippen molar-refractivity contribution in [3.8, 4) is 0 Å². The average molecular weight is 288 g/mol. The number of benzene rings is 2. The van der Waals surface area contributed by atoms with Gasteiger partial charge in [-0.2, -0.15) is 8.42 Å². The first-order chi connectivity index (χ1) is 8.86. The first kappa shape index (κ1) is 16.7. The van der Waals surface area contributed by atoms with Gasteiger partial charge in [0.1, 0.15) is 4.90 Å². The molecule has 1 N–H and O–H groups in total. The molecule has 0 heterocycles. The van der Waals surface area contributed by atoms with Gasteiger partial charge in [0.15, 0.2) is 0 Å². The molecule has 19 heavy (non-hydrogen) atoms. The summed E-state index contributed by atoms with van der Waals surface area (Å²) < 4.78 is 32.4. The molecule has 0 atom stereocenters. The van der Waals surface area contributed by atoms with Crippen LogP contribution in [0, 0.1) is 5.92 Å². The van der Waals surface area contributed by atoms with Crippen LogP contribution in [-0.4, -0.2) is 40.9 Å². The van der Waals surface area contributed by atoms with E-state index in [1.165, 1.54) is 37.7 Å². The Balaban J connectivity index is 0.000000312. The Morgan fingerprint density at radius 2 is 1.63 bits per heavy atom. The fourth-order valence-corrected chi connectivity index (χ4v) is 2.13.